The Kier molecular flexibility index (Phi) is 7.47. The molecule has 0 atom stereocenters. The van der Waals surface area contributed by atoms with Gasteiger partial charge in [-0.1, -0.05) is 0 Å². The highest BCUT2D eigenvalue weighted by Crippen LogP contribution is 2.24. The van der Waals surface area contributed by atoms with Gasteiger partial charge in [-0.05, 0) is 38.3 Å². The van der Waals surface area contributed by atoms with E-state index in [0.717, 1.165) is 0 Å². The smallest absolute Gasteiger partial charge is 0.272 e. The number of benzene rings is 1. The molecule has 0 heterocycles. The minimum absolute atomic E-state index is 0.0303. The Bertz CT molecular complexity index is 493. The van der Waals surface area contributed by atoms with E-state index in [1.165, 1.54) is 0 Å². The van der Waals surface area contributed by atoms with Crippen LogP contribution in [0.25, 0.3) is 0 Å². The lowest BCUT2D eigenvalue weighted by molar-refractivity contribution is -0.343. The van der Waals surface area contributed by atoms with E-state index in [2.05, 4.69) is 10.5 Å². The summed E-state index contributed by atoms with van der Waals surface area (Å²) < 4.78 is 68.4. The fourth-order valence-electron chi connectivity index (χ4n) is 2.03. The maximum Gasteiger partial charge on any atom is 0.272 e. The molecule has 0 bridgehead atoms. The normalized spacial score (nSPS) is 12.0. The summed E-state index contributed by atoms with van der Waals surface area (Å²) >= 11 is 0. The molecule has 0 aromatic heterocycles. The topological polar surface area (TPSA) is 27.7 Å². The molecule has 0 aliphatic rings. The Morgan fingerprint density at radius 3 is 2.09 bits per heavy atom. The van der Waals surface area contributed by atoms with Crippen LogP contribution >= 0.6 is 0 Å². The van der Waals surface area contributed by atoms with E-state index in [-0.39, 0.29) is 24.8 Å². The lowest BCUT2D eigenvalue weighted by Crippen LogP contribution is -2.39. The van der Waals surface area contributed by atoms with E-state index >= 15 is 0 Å². The van der Waals surface area contributed by atoms with Crippen LogP contribution in [0.1, 0.15) is 32.3 Å². The van der Waals surface area contributed by atoms with E-state index in [9.17, 15) is 17.6 Å². The Morgan fingerprint density at radius 2 is 1.59 bits per heavy atom. The summed E-state index contributed by atoms with van der Waals surface area (Å²) in [6, 6.07) is 0.644. The first-order valence-electron chi connectivity index (χ1n) is 6.85. The Labute approximate surface area is 130 Å². The lowest BCUT2D eigenvalue weighted by atomic mass is 10.1. The first kappa shape index (κ1) is 19.1. The number of rotatable bonds is 9. The van der Waals surface area contributed by atoms with Gasteiger partial charge in [0, 0.05) is 19.6 Å². The average Bonchev–Trinajstić information content (AvgIpc) is 2.50. The van der Waals surface area contributed by atoms with Gasteiger partial charge in [0.2, 0.25) is 0 Å². The summed E-state index contributed by atoms with van der Waals surface area (Å²) in [7, 11) is 2.87. The van der Waals surface area contributed by atoms with Gasteiger partial charge in [-0.15, -0.1) is 0 Å². The van der Waals surface area contributed by atoms with Gasteiger partial charge in [0.05, 0.1) is 0 Å². The maximum absolute atomic E-state index is 13.6. The van der Waals surface area contributed by atoms with Crippen molar-refractivity contribution < 1.29 is 31.5 Å². The number of hydrogen-bond donors (Lipinski definition) is 0. The second-order valence-electron chi connectivity index (χ2n) is 4.46. The Hall–Kier alpha value is -0.963. The van der Waals surface area contributed by atoms with Crippen molar-refractivity contribution in [2.24, 2.45) is 0 Å². The minimum Gasteiger partial charge on any atom is -0.371 e. The van der Waals surface area contributed by atoms with Crippen molar-refractivity contribution in [2.75, 3.05) is 13.2 Å². The molecule has 0 saturated heterocycles. The summed E-state index contributed by atoms with van der Waals surface area (Å²) in [5, 5.41) is 0. The predicted molar refractivity (Wildman–Crippen MR) is 72.0 cm³/mol. The zero-order chi connectivity index (χ0) is 16.8. The zero-order valence-corrected chi connectivity index (χ0v) is 13.3. The summed E-state index contributed by atoms with van der Waals surface area (Å²) in [6.07, 6.45) is 0.390. The van der Waals surface area contributed by atoms with Gasteiger partial charge in [0.1, 0.15) is 0 Å². The molecule has 0 N–H and O–H groups in total. The van der Waals surface area contributed by atoms with E-state index < -0.39 is 29.2 Å². The molecule has 0 amide bonds. The molecule has 3 radical (unpaired) electrons. The Balaban J connectivity index is 2.77. The van der Waals surface area contributed by atoms with E-state index in [1.807, 2.05) is 0 Å². The van der Waals surface area contributed by atoms with Crippen molar-refractivity contribution >= 4 is 10.5 Å². The third-order valence-corrected chi connectivity index (χ3v) is 3.30. The van der Waals surface area contributed by atoms with Crippen LogP contribution in [0.2, 0.25) is 0 Å². The monoisotopic (exact) mass is 337 g/mol. The van der Waals surface area contributed by atoms with Gasteiger partial charge < -0.3 is 13.9 Å². The summed E-state index contributed by atoms with van der Waals surface area (Å²) in [5.41, 5.74) is -0.257. The van der Waals surface area contributed by atoms with Crippen molar-refractivity contribution in [3.05, 3.63) is 34.9 Å². The quantitative estimate of drug-likeness (QED) is 0.227. The molecule has 22 heavy (non-hydrogen) atoms. The molecular formula is C14H17F4O3Si. The SMILES string of the molecule is CCOC(CCCc1cc(F)c(F)c(F)c1F)(O[Si])OCC. The number of halogens is 4. The molecule has 123 valence electrons. The molecule has 8 heteroatoms. The second-order valence-corrected chi connectivity index (χ2v) is 4.67. The maximum atomic E-state index is 13.6. The number of ether oxygens (including phenoxy) is 2. The molecule has 1 aromatic carbocycles. The molecular weight excluding hydrogens is 320 g/mol. The Morgan fingerprint density at radius 1 is 1.00 bits per heavy atom. The first-order valence-corrected chi connectivity index (χ1v) is 7.26. The summed E-state index contributed by atoms with van der Waals surface area (Å²) in [6.45, 7) is 4.09. The van der Waals surface area contributed by atoms with E-state index in [0.29, 0.717) is 19.3 Å². The molecule has 1 aromatic rings. The average molecular weight is 337 g/mol. The van der Waals surface area contributed by atoms with Crippen LogP contribution in [-0.2, 0) is 20.3 Å². The van der Waals surface area contributed by atoms with E-state index in [1.54, 1.807) is 13.8 Å². The second kappa shape index (κ2) is 8.61. The number of hydrogen-bond acceptors (Lipinski definition) is 3. The predicted octanol–water partition coefficient (Wildman–Crippen LogP) is 3.39. The van der Waals surface area contributed by atoms with Crippen molar-refractivity contribution in [1.82, 2.24) is 0 Å². The molecule has 0 unspecified atom stereocenters. The van der Waals surface area contributed by atoms with Crippen LogP contribution in [0, 0.1) is 23.3 Å². The summed E-state index contributed by atoms with van der Waals surface area (Å²) in [5.74, 6) is -7.81. The molecule has 1 rings (SSSR count). The third-order valence-electron chi connectivity index (χ3n) is 2.99. The third kappa shape index (κ3) is 4.51. The van der Waals surface area contributed by atoms with Crippen LogP contribution in [0.15, 0.2) is 6.07 Å². The minimum atomic E-state index is -1.82. The van der Waals surface area contributed by atoms with Crippen molar-refractivity contribution in [2.45, 2.75) is 39.1 Å². The van der Waals surface area contributed by atoms with Gasteiger partial charge in [-0.2, -0.15) is 0 Å². The van der Waals surface area contributed by atoms with Crippen molar-refractivity contribution in [3.8, 4) is 0 Å². The fraction of sp³-hybridized carbons (Fsp3) is 0.571. The standard InChI is InChI=1S/C14H17F4O3Si/c1-3-19-14(21-22,20-4-2)7-5-6-9-8-10(15)12(17)13(18)11(9)16/h8H,3-7H2,1-2H3. The molecule has 0 aliphatic heterocycles. The zero-order valence-electron chi connectivity index (χ0n) is 12.3. The van der Waals surface area contributed by atoms with Gasteiger partial charge >= 0.3 is 0 Å². The van der Waals surface area contributed by atoms with Gasteiger partial charge in [0.25, 0.3) is 16.5 Å². The number of aryl methyl sites for hydroxylation is 1. The lowest BCUT2D eigenvalue weighted by Gasteiger charge is -2.31. The molecule has 0 fully saturated rings. The largest absolute Gasteiger partial charge is 0.371 e. The van der Waals surface area contributed by atoms with Gasteiger partial charge in [-0.3, -0.25) is 0 Å². The van der Waals surface area contributed by atoms with Crippen LogP contribution < -0.4 is 0 Å². The van der Waals surface area contributed by atoms with Crippen LogP contribution in [-0.4, -0.2) is 29.7 Å². The highest BCUT2D eigenvalue weighted by molar-refractivity contribution is 5.98. The van der Waals surface area contributed by atoms with Gasteiger partial charge in [-0.25, -0.2) is 17.6 Å². The van der Waals surface area contributed by atoms with Crippen LogP contribution in [0.4, 0.5) is 17.6 Å². The van der Waals surface area contributed by atoms with Crippen LogP contribution in [0.3, 0.4) is 0 Å². The van der Waals surface area contributed by atoms with E-state index in [4.69, 9.17) is 13.9 Å². The molecule has 0 aliphatic carbocycles. The van der Waals surface area contributed by atoms with Gasteiger partial charge in [0.15, 0.2) is 23.3 Å². The highest BCUT2D eigenvalue weighted by Gasteiger charge is 2.30. The summed E-state index contributed by atoms with van der Waals surface area (Å²) in [4.78, 5) is 0. The first-order chi connectivity index (χ1) is 10.4. The van der Waals surface area contributed by atoms with Crippen LogP contribution in [0.5, 0.6) is 0 Å². The molecule has 0 saturated carbocycles. The molecule has 3 nitrogen and oxygen atoms in total. The van der Waals surface area contributed by atoms with Crippen molar-refractivity contribution in [1.29, 1.82) is 0 Å². The van der Waals surface area contributed by atoms with Crippen molar-refractivity contribution in [3.63, 3.8) is 0 Å². The highest BCUT2D eigenvalue weighted by atomic mass is 28.2. The molecule has 0 spiro atoms. The fourth-order valence-corrected chi connectivity index (χ4v) is 2.25.